The van der Waals surface area contributed by atoms with Crippen LogP contribution in [0.3, 0.4) is 0 Å². The Balaban J connectivity index is 0. The zero-order valence-corrected chi connectivity index (χ0v) is 12.6. The third-order valence-electron chi connectivity index (χ3n) is 1.87. The Kier molecular flexibility index (Phi) is 11.9. The number of hydrogen-bond donors (Lipinski definition) is 0. The van der Waals surface area contributed by atoms with Gasteiger partial charge in [0.2, 0.25) is 0 Å². The molecule has 17 heavy (non-hydrogen) atoms. The Morgan fingerprint density at radius 2 is 1.47 bits per heavy atom. The van der Waals surface area contributed by atoms with E-state index >= 15 is 0 Å². The van der Waals surface area contributed by atoms with Gasteiger partial charge in [-0.3, -0.25) is 4.98 Å². The van der Waals surface area contributed by atoms with Crippen LogP contribution in [0.1, 0.15) is 52.8 Å². The van der Waals surface area contributed by atoms with Gasteiger partial charge in [-0.1, -0.05) is 41.5 Å². The number of aryl methyl sites for hydroxylation is 2. The van der Waals surface area contributed by atoms with Gasteiger partial charge in [0.05, 0.1) is 6.26 Å². The van der Waals surface area contributed by atoms with Crippen LogP contribution in [0.4, 0.5) is 0 Å². The molecule has 0 amide bonds. The van der Waals surface area contributed by atoms with Crippen molar-refractivity contribution in [2.24, 2.45) is 0 Å². The number of hydrogen-bond acceptors (Lipinski definition) is 2. The first kappa shape index (κ1) is 18.1. The first-order valence-electron chi connectivity index (χ1n) is 6.58. The molecular weight excluding hydrogens is 210 g/mol. The van der Waals surface area contributed by atoms with Crippen molar-refractivity contribution in [2.45, 2.75) is 55.4 Å². The number of nitrogens with zero attached hydrogens (tertiary/aromatic N) is 1. The molecule has 0 spiro atoms. The second-order valence-corrected chi connectivity index (χ2v) is 2.69. The molecule has 0 aliphatic carbocycles. The quantitative estimate of drug-likeness (QED) is 0.602. The van der Waals surface area contributed by atoms with E-state index in [1.54, 1.807) is 6.26 Å². The molecule has 2 heterocycles. The Bertz CT molecular complexity index is 355. The lowest BCUT2D eigenvalue weighted by molar-refractivity contribution is 0.612. The molecule has 0 aliphatic heterocycles. The third-order valence-corrected chi connectivity index (χ3v) is 1.87. The zero-order valence-electron chi connectivity index (χ0n) is 12.6. The van der Waals surface area contributed by atoms with E-state index in [9.17, 15) is 0 Å². The molecule has 98 valence electrons. The fourth-order valence-electron chi connectivity index (χ4n) is 1.22. The summed E-state index contributed by atoms with van der Waals surface area (Å²) in [6, 6.07) is 1.95. The summed E-state index contributed by atoms with van der Waals surface area (Å²) >= 11 is 0. The van der Waals surface area contributed by atoms with Crippen LogP contribution in [0.2, 0.25) is 0 Å². The van der Waals surface area contributed by atoms with Crippen molar-refractivity contribution in [1.82, 2.24) is 4.98 Å². The van der Waals surface area contributed by atoms with E-state index in [1.165, 1.54) is 0 Å². The van der Waals surface area contributed by atoms with Crippen molar-refractivity contribution in [3.05, 3.63) is 29.8 Å². The van der Waals surface area contributed by atoms with Crippen LogP contribution >= 0.6 is 0 Å². The average Bonchev–Trinajstić information content (AvgIpc) is 2.92. The normalized spacial score (nSPS) is 8.00. The van der Waals surface area contributed by atoms with E-state index in [0.29, 0.717) is 0 Å². The van der Waals surface area contributed by atoms with Crippen LogP contribution in [0.5, 0.6) is 0 Å². The van der Waals surface area contributed by atoms with Gasteiger partial charge in [0.25, 0.3) is 0 Å². The summed E-state index contributed by atoms with van der Waals surface area (Å²) in [7, 11) is 0. The maximum Gasteiger partial charge on any atom is 0.140 e. The van der Waals surface area contributed by atoms with E-state index in [-0.39, 0.29) is 0 Å². The lowest BCUT2D eigenvalue weighted by Crippen LogP contribution is -1.82. The highest BCUT2D eigenvalue weighted by atomic mass is 16.3. The van der Waals surface area contributed by atoms with Gasteiger partial charge in [-0.25, -0.2) is 0 Å². The molecular formula is C15H27NO. The predicted molar refractivity (Wildman–Crippen MR) is 77.5 cm³/mol. The molecule has 0 unspecified atom stereocenters. The Morgan fingerprint density at radius 3 is 1.94 bits per heavy atom. The van der Waals surface area contributed by atoms with Crippen LogP contribution in [0.25, 0.3) is 11.0 Å². The molecule has 0 radical (unpaired) electrons. The van der Waals surface area contributed by atoms with Crippen LogP contribution < -0.4 is 0 Å². The minimum absolute atomic E-state index is 0.956. The van der Waals surface area contributed by atoms with E-state index in [2.05, 4.69) is 4.98 Å². The van der Waals surface area contributed by atoms with E-state index in [4.69, 9.17) is 4.42 Å². The van der Waals surface area contributed by atoms with Crippen molar-refractivity contribution in [3.8, 4) is 0 Å². The summed E-state index contributed by atoms with van der Waals surface area (Å²) in [5, 5.41) is 1.12. The van der Waals surface area contributed by atoms with Crippen LogP contribution in [-0.2, 0) is 0 Å². The minimum atomic E-state index is 0.956. The molecule has 2 nitrogen and oxygen atoms in total. The smallest absolute Gasteiger partial charge is 0.140 e. The van der Waals surface area contributed by atoms with Crippen LogP contribution in [0, 0.1) is 13.8 Å². The highest BCUT2D eigenvalue weighted by Crippen LogP contribution is 2.20. The van der Waals surface area contributed by atoms with Crippen molar-refractivity contribution >= 4 is 11.0 Å². The first-order chi connectivity index (χ1) is 8.29. The standard InChI is InChI=1S/C9H9NO.3C2H6/c1-6-5-10-7(2)8-3-4-11-9(6)8;3*1-2/h3-5H,1-2H3;3*1-2H3. The summed E-state index contributed by atoms with van der Waals surface area (Å²) in [4.78, 5) is 4.22. The van der Waals surface area contributed by atoms with E-state index in [1.807, 2.05) is 67.7 Å². The molecule has 2 heteroatoms. The third kappa shape index (κ3) is 5.03. The molecule has 0 N–H and O–H groups in total. The SMILES string of the molecule is CC.CC.CC.Cc1ncc(C)c2occc12. The number of aromatic nitrogens is 1. The molecule has 2 aromatic heterocycles. The maximum atomic E-state index is 5.29. The zero-order chi connectivity index (χ0) is 13.8. The van der Waals surface area contributed by atoms with Crippen LogP contribution in [0.15, 0.2) is 22.9 Å². The average molecular weight is 237 g/mol. The molecule has 0 saturated carbocycles. The fourth-order valence-corrected chi connectivity index (χ4v) is 1.22. The van der Waals surface area contributed by atoms with Crippen LogP contribution in [-0.4, -0.2) is 4.98 Å². The van der Waals surface area contributed by atoms with Gasteiger partial charge in [0.15, 0.2) is 0 Å². The molecule has 0 aromatic carbocycles. The molecule has 0 fully saturated rings. The Labute approximate surface area is 106 Å². The van der Waals surface area contributed by atoms with Gasteiger partial charge in [-0.05, 0) is 19.9 Å². The molecule has 2 rings (SSSR count). The van der Waals surface area contributed by atoms with Crippen molar-refractivity contribution in [1.29, 1.82) is 0 Å². The lowest BCUT2D eigenvalue weighted by atomic mass is 10.2. The second-order valence-electron chi connectivity index (χ2n) is 2.69. The highest BCUT2D eigenvalue weighted by molar-refractivity contribution is 5.81. The van der Waals surface area contributed by atoms with Crippen molar-refractivity contribution in [3.63, 3.8) is 0 Å². The second kappa shape index (κ2) is 11.2. The summed E-state index contributed by atoms with van der Waals surface area (Å²) in [6.45, 7) is 16.0. The minimum Gasteiger partial charge on any atom is -0.464 e. The summed E-state index contributed by atoms with van der Waals surface area (Å²) < 4.78 is 5.29. The molecule has 0 atom stereocenters. The molecule has 0 aliphatic rings. The first-order valence-corrected chi connectivity index (χ1v) is 6.58. The maximum absolute atomic E-state index is 5.29. The molecule has 2 aromatic rings. The van der Waals surface area contributed by atoms with Gasteiger partial charge in [-0.2, -0.15) is 0 Å². The largest absolute Gasteiger partial charge is 0.464 e. The fraction of sp³-hybridized carbons (Fsp3) is 0.533. The van der Waals surface area contributed by atoms with Crippen molar-refractivity contribution < 1.29 is 4.42 Å². The monoisotopic (exact) mass is 237 g/mol. The Morgan fingerprint density at radius 1 is 0.941 bits per heavy atom. The van der Waals surface area contributed by atoms with Gasteiger partial charge < -0.3 is 4.42 Å². The van der Waals surface area contributed by atoms with Gasteiger partial charge in [-0.15, -0.1) is 0 Å². The summed E-state index contributed by atoms with van der Waals surface area (Å²) in [6.07, 6.45) is 3.54. The summed E-state index contributed by atoms with van der Waals surface area (Å²) in [5.74, 6) is 0. The lowest BCUT2D eigenvalue weighted by Gasteiger charge is -1.95. The molecule has 0 saturated heterocycles. The van der Waals surface area contributed by atoms with Crippen molar-refractivity contribution in [2.75, 3.05) is 0 Å². The highest BCUT2D eigenvalue weighted by Gasteiger charge is 2.02. The van der Waals surface area contributed by atoms with E-state index < -0.39 is 0 Å². The van der Waals surface area contributed by atoms with Gasteiger partial charge in [0.1, 0.15) is 5.58 Å². The number of furan rings is 1. The number of fused-ring (bicyclic) bond motifs is 1. The number of pyridine rings is 1. The van der Waals surface area contributed by atoms with Gasteiger partial charge in [0, 0.05) is 22.8 Å². The topological polar surface area (TPSA) is 26.0 Å². The molecule has 0 bridgehead atoms. The van der Waals surface area contributed by atoms with Gasteiger partial charge >= 0.3 is 0 Å². The van der Waals surface area contributed by atoms with E-state index in [0.717, 1.165) is 22.2 Å². The Hall–Kier alpha value is -1.31. The summed E-state index contributed by atoms with van der Waals surface area (Å²) in [5.41, 5.74) is 3.08. The number of rotatable bonds is 0. The predicted octanol–water partition coefficient (Wildman–Crippen LogP) is 5.52.